The van der Waals surface area contributed by atoms with Gasteiger partial charge in [-0.05, 0) is 37.1 Å². The van der Waals surface area contributed by atoms with Gasteiger partial charge in [-0.3, -0.25) is 0 Å². The van der Waals surface area contributed by atoms with Crippen molar-refractivity contribution in [2.45, 2.75) is 18.8 Å². The molecule has 1 saturated carbocycles. The maximum Gasteiger partial charge on any atom is 0.321 e. The highest BCUT2D eigenvalue weighted by Gasteiger charge is 2.30. The predicted octanol–water partition coefficient (Wildman–Crippen LogP) is 2.37. The molecule has 0 radical (unpaired) electrons. The van der Waals surface area contributed by atoms with E-state index >= 15 is 0 Å². The van der Waals surface area contributed by atoms with Crippen molar-refractivity contribution in [2.24, 2.45) is 0 Å². The second kappa shape index (κ2) is 7.93. The molecule has 10 nitrogen and oxygen atoms in total. The number of benzene rings is 1. The van der Waals surface area contributed by atoms with Gasteiger partial charge in [0.1, 0.15) is 5.82 Å². The van der Waals surface area contributed by atoms with Gasteiger partial charge in [-0.1, -0.05) is 0 Å². The van der Waals surface area contributed by atoms with Crippen LogP contribution < -0.4 is 19.7 Å². The molecule has 1 aliphatic carbocycles. The van der Waals surface area contributed by atoms with Crippen LogP contribution in [0, 0.1) is 0 Å². The van der Waals surface area contributed by atoms with Crippen LogP contribution >= 0.6 is 0 Å². The minimum atomic E-state index is -0.134. The van der Waals surface area contributed by atoms with Gasteiger partial charge in [-0.2, -0.15) is 4.52 Å². The van der Waals surface area contributed by atoms with Gasteiger partial charge in [0.2, 0.25) is 0 Å². The lowest BCUT2D eigenvalue weighted by Crippen LogP contribution is -2.50. The first kappa shape index (κ1) is 19.4. The third-order valence-corrected chi connectivity index (χ3v) is 5.74. The Morgan fingerprint density at radius 1 is 1.00 bits per heavy atom. The van der Waals surface area contributed by atoms with E-state index in [0.29, 0.717) is 49.3 Å². The van der Waals surface area contributed by atoms with Gasteiger partial charge in [0.25, 0.3) is 0 Å². The lowest BCUT2D eigenvalue weighted by Gasteiger charge is -2.35. The standard InChI is InChI=1S/C21H25N7O3/c1-30-16-6-5-15(13-17(16)31-2)22-21(29)27-11-9-26(10-12-27)19-8-7-18-23-24-20(14-3-4-14)28(18)25-19/h5-8,13-14H,3-4,9-12H2,1-2H3,(H,22,29). The normalized spacial score (nSPS) is 16.5. The fourth-order valence-corrected chi connectivity index (χ4v) is 3.82. The molecule has 0 spiro atoms. The largest absolute Gasteiger partial charge is 0.493 e. The van der Waals surface area contributed by atoms with E-state index in [1.54, 1.807) is 37.3 Å². The summed E-state index contributed by atoms with van der Waals surface area (Å²) in [4.78, 5) is 16.7. The van der Waals surface area contributed by atoms with E-state index < -0.39 is 0 Å². The van der Waals surface area contributed by atoms with Gasteiger partial charge in [-0.25, -0.2) is 4.79 Å². The fourth-order valence-electron chi connectivity index (χ4n) is 3.82. The van der Waals surface area contributed by atoms with E-state index in [1.807, 2.05) is 16.6 Å². The molecule has 3 heterocycles. The summed E-state index contributed by atoms with van der Waals surface area (Å²) in [5, 5.41) is 16.2. The van der Waals surface area contributed by atoms with Gasteiger partial charge in [0.15, 0.2) is 23.0 Å². The van der Waals surface area contributed by atoms with Gasteiger partial charge in [0.05, 0.1) is 14.2 Å². The second-order valence-corrected chi connectivity index (χ2v) is 7.77. The van der Waals surface area contributed by atoms with E-state index in [2.05, 4.69) is 20.4 Å². The van der Waals surface area contributed by atoms with Crippen LogP contribution in [0.1, 0.15) is 24.6 Å². The van der Waals surface area contributed by atoms with Crippen LogP contribution in [-0.2, 0) is 0 Å². The summed E-state index contributed by atoms with van der Waals surface area (Å²) in [5.74, 6) is 3.51. The van der Waals surface area contributed by atoms with Crippen LogP contribution in [0.15, 0.2) is 30.3 Å². The van der Waals surface area contributed by atoms with Crippen LogP contribution in [0.3, 0.4) is 0 Å². The molecule has 3 aromatic rings. The number of nitrogens with zero attached hydrogens (tertiary/aromatic N) is 6. The maximum atomic E-state index is 12.7. The number of hydrogen-bond donors (Lipinski definition) is 1. The average molecular weight is 423 g/mol. The molecule has 1 aliphatic heterocycles. The topological polar surface area (TPSA) is 97.1 Å². The van der Waals surface area contributed by atoms with Crippen molar-refractivity contribution in [3.63, 3.8) is 0 Å². The Kier molecular flexibility index (Phi) is 4.97. The lowest BCUT2D eigenvalue weighted by atomic mass is 10.2. The number of methoxy groups -OCH3 is 2. The number of piperazine rings is 1. The molecule has 0 bridgehead atoms. The van der Waals surface area contributed by atoms with Gasteiger partial charge in [0, 0.05) is 43.9 Å². The summed E-state index contributed by atoms with van der Waals surface area (Å²) >= 11 is 0. The summed E-state index contributed by atoms with van der Waals surface area (Å²) in [6, 6.07) is 9.12. The molecule has 0 unspecified atom stereocenters. The molecule has 0 atom stereocenters. The molecular weight excluding hydrogens is 398 g/mol. The number of fused-ring (bicyclic) bond motifs is 1. The van der Waals surface area contributed by atoms with Crippen molar-refractivity contribution < 1.29 is 14.3 Å². The number of hydrogen-bond acceptors (Lipinski definition) is 7. The van der Waals surface area contributed by atoms with Gasteiger partial charge < -0.3 is 24.6 Å². The fraction of sp³-hybridized carbons (Fsp3) is 0.429. The SMILES string of the molecule is COc1ccc(NC(=O)N2CCN(c3ccc4nnc(C5CC5)n4n3)CC2)cc1OC. The molecule has 1 saturated heterocycles. The van der Waals surface area contributed by atoms with Crippen LogP contribution in [-0.4, -0.2) is 71.1 Å². The third kappa shape index (κ3) is 3.80. The van der Waals surface area contributed by atoms with Crippen molar-refractivity contribution in [3.8, 4) is 11.5 Å². The third-order valence-electron chi connectivity index (χ3n) is 5.74. The van der Waals surface area contributed by atoms with Gasteiger partial charge in [-0.15, -0.1) is 15.3 Å². The molecule has 10 heteroatoms. The Balaban J connectivity index is 1.22. The Hall–Kier alpha value is -3.56. The number of carbonyl (C=O) groups is 1. The van der Waals surface area contributed by atoms with E-state index in [-0.39, 0.29) is 6.03 Å². The number of nitrogens with one attached hydrogen (secondary N) is 1. The van der Waals surface area contributed by atoms with Crippen molar-refractivity contribution in [3.05, 3.63) is 36.2 Å². The Morgan fingerprint density at radius 3 is 2.48 bits per heavy atom. The first-order valence-corrected chi connectivity index (χ1v) is 10.4. The van der Waals surface area contributed by atoms with E-state index in [9.17, 15) is 4.79 Å². The minimum Gasteiger partial charge on any atom is -0.493 e. The Morgan fingerprint density at radius 2 is 1.77 bits per heavy atom. The summed E-state index contributed by atoms with van der Waals surface area (Å²) < 4.78 is 12.4. The van der Waals surface area contributed by atoms with E-state index in [0.717, 1.165) is 30.1 Å². The molecule has 162 valence electrons. The molecular formula is C21H25N7O3. The molecule has 31 heavy (non-hydrogen) atoms. The molecule has 5 rings (SSSR count). The average Bonchev–Trinajstić information content (AvgIpc) is 3.57. The molecule has 1 N–H and O–H groups in total. The van der Waals surface area contributed by atoms with Crippen molar-refractivity contribution in [1.82, 2.24) is 24.7 Å². The number of aromatic nitrogens is 4. The molecule has 2 fully saturated rings. The highest BCUT2D eigenvalue weighted by molar-refractivity contribution is 5.90. The highest BCUT2D eigenvalue weighted by Crippen LogP contribution is 2.38. The first-order chi connectivity index (χ1) is 15.2. The van der Waals surface area contributed by atoms with Crippen molar-refractivity contribution in [1.29, 1.82) is 0 Å². The van der Waals surface area contributed by atoms with Crippen LogP contribution in [0.5, 0.6) is 11.5 Å². The van der Waals surface area contributed by atoms with Crippen molar-refractivity contribution >= 4 is 23.2 Å². The molecule has 1 aromatic carbocycles. The smallest absolute Gasteiger partial charge is 0.321 e. The van der Waals surface area contributed by atoms with Crippen molar-refractivity contribution in [2.75, 3.05) is 50.6 Å². The molecule has 2 aromatic heterocycles. The summed E-state index contributed by atoms with van der Waals surface area (Å²) in [7, 11) is 3.15. The van der Waals surface area contributed by atoms with Crippen LogP contribution in [0.2, 0.25) is 0 Å². The number of anilines is 2. The lowest BCUT2D eigenvalue weighted by molar-refractivity contribution is 0.208. The Bertz CT molecular complexity index is 1100. The predicted molar refractivity (Wildman–Crippen MR) is 115 cm³/mol. The van der Waals surface area contributed by atoms with Gasteiger partial charge >= 0.3 is 6.03 Å². The summed E-state index contributed by atoms with van der Waals surface area (Å²) in [5.41, 5.74) is 1.44. The number of carbonyl (C=O) groups excluding carboxylic acids is 1. The highest BCUT2D eigenvalue weighted by atomic mass is 16.5. The number of rotatable bonds is 5. The first-order valence-electron chi connectivity index (χ1n) is 10.4. The summed E-state index contributed by atoms with van der Waals surface area (Å²) in [6.07, 6.45) is 2.31. The zero-order valence-corrected chi connectivity index (χ0v) is 17.6. The molecule has 2 aliphatic rings. The maximum absolute atomic E-state index is 12.7. The Labute approximate surface area is 179 Å². The summed E-state index contributed by atoms with van der Waals surface area (Å²) in [6.45, 7) is 2.63. The number of amides is 2. The van der Waals surface area contributed by atoms with E-state index in [1.165, 1.54) is 0 Å². The molecule has 2 amide bonds. The monoisotopic (exact) mass is 423 g/mol. The van der Waals surface area contributed by atoms with Crippen LogP contribution in [0.4, 0.5) is 16.3 Å². The van der Waals surface area contributed by atoms with Crippen LogP contribution in [0.25, 0.3) is 5.65 Å². The quantitative estimate of drug-likeness (QED) is 0.673. The zero-order valence-electron chi connectivity index (χ0n) is 17.6. The minimum absolute atomic E-state index is 0.134. The number of urea groups is 1. The van der Waals surface area contributed by atoms with E-state index in [4.69, 9.17) is 14.6 Å². The number of ether oxygens (including phenoxy) is 2. The zero-order chi connectivity index (χ0) is 21.4. The second-order valence-electron chi connectivity index (χ2n) is 7.77.